The van der Waals surface area contributed by atoms with Crippen LogP contribution in [0, 0.1) is 5.92 Å². The average molecular weight is 172 g/mol. The topological polar surface area (TPSA) is 20.2 Å². The number of hydrogen-bond donors (Lipinski definition) is 1. The van der Waals surface area contributed by atoms with Gasteiger partial charge in [-0.25, -0.2) is 0 Å². The van der Waals surface area contributed by atoms with Crippen LogP contribution in [0.3, 0.4) is 0 Å². The van der Waals surface area contributed by atoms with E-state index in [1.165, 1.54) is 24.3 Å². The second-order valence-electron chi connectivity index (χ2n) is 4.01. The summed E-state index contributed by atoms with van der Waals surface area (Å²) in [5.41, 5.74) is -0.227. The number of aliphatic hydroxyl groups is 1. The maximum absolute atomic E-state index is 9.86. The molecule has 2 rings (SSSR count). The van der Waals surface area contributed by atoms with Crippen molar-refractivity contribution in [2.24, 2.45) is 5.92 Å². The molecular formula is C9H16OS. The Labute approximate surface area is 72.6 Å². The van der Waals surface area contributed by atoms with Crippen LogP contribution >= 0.6 is 11.8 Å². The Bertz CT molecular complexity index is 136. The summed E-state index contributed by atoms with van der Waals surface area (Å²) in [5, 5.41) is 9.86. The van der Waals surface area contributed by atoms with Crippen LogP contribution in [0.15, 0.2) is 0 Å². The van der Waals surface area contributed by atoms with Gasteiger partial charge in [0.2, 0.25) is 0 Å². The fraction of sp³-hybridized carbons (Fsp3) is 1.00. The molecule has 0 aromatic rings. The van der Waals surface area contributed by atoms with Gasteiger partial charge < -0.3 is 5.11 Å². The van der Waals surface area contributed by atoms with E-state index in [-0.39, 0.29) is 5.60 Å². The molecule has 2 heteroatoms. The van der Waals surface area contributed by atoms with Crippen LogP contribution in [0.5, 0.6) is 0 Å². The predicted molar refractivity (Wildman–Crippen MR) is 48.8 cm³/mol. The minimum absolute atomic E-state index is 0.227. The van der Waals surface area contributed by atoms with Crippen molar-refractivity contribution in [2.45, 2.75) is 37.7 Å². The second kappa shape index (κ2) is 2.98. The lowest BCUT2D eigenvalue weighted by atomic mass is 9.74. The maximum atomic E-state index is 9.86. The van der Waals surface area contributed by atoms with E-state index in [0.717, 1.165) is 25.2 Å². The smallest absolute Gasteiger partial charge is 0.0650 e. The van der Waals surface area contributed by atoms with Gasteiger partial charge in [-0.3, -0.25) is 0 Å². The lowest BCUT2D eigenvalue weighted by Gasteiger charge is -2.38. The van der Waals surface area contributed by atoms with E-state index >= 15 is 0 Å². The van der Waals surface area contributed by atoms with Gasteiger partial charge in [0.25, 0.3) is 0 Å². The Morgan fingerprint density at radius 3 is 2.73 bits per heavy atom. The molecule has 1 aliphatic carbocycles. The third-order valence-electron chi connectivity index (χ3n) is 2.98. The van der Waals surface area contributed by atoms with Crippen LogP contribution in [0.2, 0.25) is 0 Å². The van der Waals surface area contributed by atoms with Gasteiger partial charge in [-0.1, -0.05) is 0 Å². The summed E-state index contributed by atoms with van der Waals surface area (Å²) < 4.78 is 0. The van der Waals surface area contributed by atoms with E-state index in [1.54, 1.807) is 0 Å². The molecule has 0 bridgehead atoms. The van der Waals surface area contributed by atoms with Gasteiger partial charge >= 0.3 is 0 Å². The molecule has 1 saturated heterocycles. The normalized spacial score (nSPS) is 35.2. The fourth-order valence-corrected chi connectivity index (χ4v) is 3.36. The van der Waals surface area contributed by atoms with E-state index in [1.807, 2.05) is 11.8 Å². The lowest BCUT2D eigenvalue weighted by molar-refractivity contribution is -0.0502. The molecule has 64 valence electrons. The van der Waals surface area contributed by atoms with Crippen molar-refractivity contribution in [3.05, 3.63) is 0 Å². The quantitative estimate of drug-likeness (QED) is 0.688. The Morgan fingerprint density at radius 2 is 2.27 bits per heavy atom. The highest BCUT2D eigenvalue weighted by Gasteiger charge is 2.37. The molecule has 0 radical (unpaired) electrons. The molecular weight excluding hydrogens is 156 g/mol. The number of rotatable bonds is 2. The summed E-state index contributed by atoms with van der Waals surface area (Å²) in [6.45, 7) is 0. The molecule has 0 aromatic heterocycles. The fourth-order valence-electron chi connectivity index (χ4n) is 2.07. The van der Waals surface area contributed by atoms with Crippen molar-refractivity contribution in [1.29, 1.82) is 0 Å². The van der Waals surface area contributed by atoms with Crippen molar-refractivity contribution in [1.82, 2.24) is 0 Å². The zero-order chi connectivity index (χ0) is 7.73. The van der Waals surface area contributed by atoms with E-state index in [2.05, 4.69) is 0 Å². The molecule has 2 aliphatic rings. The zero-order valence-electron chi connectivity index (χ0n) is 6.88. The first-order chi connectivity index (χ1) is 5.29. The van der Waals surface area contributed by atoms with Crippen molar-refractivity contribution in [2.75, 3.05) is 11.5 Å². The summed E-state index contributed by atoms with van der Waals surface area (Å²) in [6, 6.07) is 0. The maximum Gasteiger partial charge on any atom is 0.0650 e. The Kier molecular flexibility index (Phi) is 2.15. The summed E-state index contributed by atoms with van der Waals surface area (Å²) >= 11 is 2.05. The Morgan fingerprint density at radius 1 is 1.45 bits per heavy atom. The third kappa shape index (κ3) is 1.73. The Hall–Kier alpha value is 0.310. The SMILES string of the molecule is OC1(CC2CCSC2)CCC1. The number of thioether (sulfide) groups is 1. The molecule has 11 heavy (non-hydrogen) atoms. The minimum Gasteiger partial charge on any atom is -0.390 e. The lowest BCUT2D eigenvalue weighted by Crippen LogP contribution is -2.38. The molecule has 0 aromatic carbocycles. The summed E-state index contributed by atoms with van der Waals surface area (Å²) in [5.74, 6) is 3.44. The summed E-state index contributed by atoms with van der Waals surface area (Å²) in [6.07, 6.45) is 5.80. The zero-order valence-corrected chi connectivity index (χ0v) is 7.70. The standard InChI is InChI=1S/C9H16OS/c10-9(3-1-4-9)6-8-2-5-11-7-8/h8,10H,1-7H2. The summed E-state index contributed by atoms with van der Waals surface area (Å²) in [4.78, 5) is 0. The van der Waals surface area contributed by atoms with E-state index < -0.39 is 0 Å². The van der Waals surface area contributed by atoms with Crippen molar-refractivity contribution < 1.29 is 5.11 Å². The van der Waals surface area contributed by atoms with Gasteiger partial charge in [-0.15, -0.1) is 0 Å². The Balaban J connectivity index is 1.79. The highest BCUT2D eigenvalue weighted by molar-refractivity contribution is 7.99. The molecule has 1 saturated carbocycles. The second-order valence-corrected chi connectivity index (χ2v) is 5.16. The summed E-state index contributed by atoms with van der Waals surface area (Å²) in [7, 11) is 0. The van der Waals surface area contributed by atoms with E-state index in [9.17, 15) is 5.11 Å². The highest BCUT2D eigenvalue weighted by Crippen LogP contribution is 2.40. The highest BCUT2D eigenvalue weighted by atomic mass is 32.2. The van der Waals surface area contributed by atoms with Gasteiger partial charge in [0, 0.05) is 0 Å². The molecule has 0 amide bonds. The number of hydrogen-bond acceptors (Lipinski definition) is 2. The van der Waals surface area contributed by atoms with Gasteiger partial charge in [-0.2, -0.15) is 11.8 Å². The molecule has 1 aliphatic heterocycles. The molecule has 1 unspecified atom stereocenters. The monoisotopic (exact) mass is 172 g/mol. The average Bonchev–Trinajstić information content (AvgIpc) is 2.36. The van der Waals surface area contributed by atoms with Gasteiger partial charge in [0.1, 0.15) is 0 Å². The first-order valence-corrected chi connectivity index (χ1v) is 5.74. The predicted octanol–water partition coefficient (Wildman–Crippen LogP) is 2.04. The van der Waals surface area contributed by atoms with Gasteiger partial charge in [0.15, 0.2) is 0 Å². The van der Waals surface area contributed by atoms with E-state index in [0.29, 0.717) is 0 Å². The molecule has 1 atom stereocenters. The van der Waals surface area contributed by atoms with Crippen LogP contribution in [-0.2, 0) is 0 Å². The minimum atomic E-state index is -0.227. The van der Waals surface area contributed by atoms with Crippen molar-refractivity contribution in [3.63, 3.8) is 0 Å². The first kappa shape index (κ1) is 7.93. The first-order valence-electron chi connectivity index (χ1n) is 4.59. The third-order valence-corrected chi connectivity index (χ3v) is 4.21. The van der Waals surface area contributed by atoms with Gasteiger partial charge in [-0.05, 0) is 49.5 Å². The van der Waals surface area contributed by atoms with E-state index in [4.69, 9.17) is 0 Å². The van der Waals surface area contributed by atoms with Crippen LogP contribution in [-0.4, -0.2) is 22.2 Å². The van der Waals surface area contributed by atoms with Crippen LogP contribution in [0.1, 0.15) is 32.1 Å². The van der Waals surface area contributed by atoms with Crippen molar-refractivity contribution in [3.8, 4) is 0 Å². The molecule has 2 fully saturated rings. The van der Waals surface area contributed by atoms with Crippen molar-refractivity contribution >= 4 is 11.8 Å². The van der Waals surface area contributed by atoms with Crippen LogP contribution in [0.25, 0.3) is 0 Å². The van der Waals surface area contributed by atoms with Crippen LogP contribution in [0.4, 0.5) is 0 Å². The van der Waals surface area contributed by atoms with Gasteiger partial charge in [0.05, 0.1) is 5.60 Å². The molecule has 1 nitrogen and oxygen atoms in total. The molecule has 0 spiro atoms. The van der Waals surface area contributed by atoms with Crippen LogP contribution < -0.4 is 0 Å². The molecule has 1 heterocycles. The largest absolute Gasteiger partial charge is 0.390 e. The molecule has 1 N–H and O–H groups in total.